The van der Waals surface area contributed by atoms with E-state index in [1.54, 1.807) is 7.11 Å². The van der Waals surface area contributed by atoms with E-state index in [0.717, 1.165) is 20.6 Å². The monoisotopic (exact) mass is 370 g/mol. The lowest BCUT2D eigenvalue weighted by Gasteiger charge is -2.13. The summed E-state index contributed by atoms with van der Waals surface area (Å²) < 4.78 is 11.8. The molecule has 0 aliphatic carbocycles. The summed E-state index contributed by atoms with van der Waals surface area (Å²) in [5.74, 6) is 1.49. The molecule has 0 heterocycles. The van der Waals surface area contributed by atoms with E-state index < -0.39 is 6.10 Å². The van der Waals surface area contributed by atoms with Crippen LogP contribution in [0.3, 0.4) is 0 Å². The van der Waals surface area contributed by atoms with E-state index in [4.69, 9.17) is 9.47 Å². The molecular formula is C15H15IO3. The van der Waals surface area contributed by atoms with Crippen LogP contribution < -0.4 is 9.47 Å². The highest BCUT2D eigenvalue weighted by atomic mass is 127. The van der Waals surface area contributed by atoms with Gasteiger partial charge in [0.1, 0.15) is 24.2 Å². The van der Waals surface area contributed by atoms with Gasteiger partial charge in [-0.05, 0) is 58.5 Å². The minimum absolute atomic E-state index is 0.216. The van der Waals surface area contributed by atoms with Crippen molar-refractivity contribution in [3.63, 3.8) is 0 Å². The van der Waals surface area contributed by atoms with E-state index in [2.05, 4.69) is 22.6 Å². The number of halogens is 1. The van der Waals surface area contributed by atoms with Crippen molar-refractivity contribution >= 4 is 22.6 Å². The molecule has 0 spiro atoms. The van der Waals surface area contributed by atoms with Crippen molar-refractivity contribution in [2.75, 3.05) is 13.7 Å². The minimum Gasteiger partial charge on any atom is -0.497 e. The summed E-state index contributed by atoms with van der Waals surface area (Å²) in [6, 6.07) is 15.1. The minimum atomic E-state index is -0.673. The second-order valence-electron chi connectivity index (χ2n) is 4.06. The molecular weight excluding hydrogens is 355 g/mol. The van der Waals surface area contributed by atoms with E-state index in [9.17, 15) is 5.11 Å². The third kappa shape index (κ3) is 4.11. The first-order valence-electron chi connectivity index (χ1n) is 5.89. The maximum absolute atomic E-state index is 10.1. The van der Waals surface area contributed by atoms with Crippen LogP contribution in [0.2, 0.25) is 0 Å². The van der Waals surface area contributed by atoms with Crippen molar-refractivity contribution in [2.45, 2.75) is 6.10 Å². The molecule has 0 aliphatic rings. The molecule has 4 heteroatoms. The third-order valence-corrected chi connectivity index (χ3v) is 3.35. The molecule has 2 rings (SSSR count). The SMILES string of the molecule is COc1cccc(C(O)COc2cccc(I)c2)c1. The van der Waals surface area contributed by atoms with Gasteiger partial charge in [0.15, 0.2) is 0 Å². The highest BCUT2D eigenvalue weighted by molar-refractivity contribution is 14.1. The largest absolute Gasteiger partial charge is 0.497 e. The van der Waals surface area contributed by atoms with E-state index in [1.807, 2.05) is 48.5 Å². The lowest BCUT2D eigenvalue weighted by molar-refractivity contribution is 0.108. The summed E-state index contributed by atoms with van der Waals surface area (Å²) in [4.78, 5) is 0. The highest BCUT2D eigenvalue weighted by Crippen LogP contribution is 2.21. The Kier molecular flexibility index (Phi) is 5.04. The van der Waals surface area contributed by atoms with Crippen LogP contribution in [0.25, 0.3) is 0 Å². The molecule has 0 radical (unpaired) electrons. The van der Waals surface area contributed by atoms with Gasteiger partial charge < -0.3 is 14.6 Å². The van der Waals surface area contributed by atoms with Crippen molar-refractivity contribution in [2.24, 2.45) is 0 Å². The van der Waals surface area contributed by atoms with Crippen molar-refractivity contribution in [1.29, 1.82) is 0 Å². The summed E-state index contributed by atoms with van der Waals surface area (Å²) >= 11 is 2.22. The van der Waals surface area contributed by atoms with Crippen molar-refractivity contribution in [1.82, 2.24) is 0 Å². The van der Waals surface area contributed by atoms with Gasteiger partial charge in [0.05, 0.1) is 7.11 Å². The molecule has 1 N–H and O–H groups in total. The van der Waals surface area contributed by atoms with Crippen LogP contribution in [-0.4, -0.2) is 18.8 Å². The van der Waals surface area contributed by atoms with Crippen LogP contribution in [0.5, 0.6) is 11.5 Å². The first-order chi connectivity index (χ1) is 9.19. The second kappa shape index (κ2) is 6.77. The first kappa shape index (κ1) is 14.1. The number of rotatable bonds is 5. The van der Waals surface area contributed by atoms with Crippen LogP contribution in [0.1, 0.15) is 11.7 Å². The maximum atomic E-state index is 10.1. The molecule has 3 nitrogen and oxygen atoms in total. The van der Waals surface area contributed by atoms with Gasteiger partial charge in [-0.15, -0.1) is 0 Å². The Hall–Kier alpha value is -1.27. The molecule has 2 aromatic rings. The van der Waals surface area contributed by atoms with Gasteiger partial charge in [0.2, 0.25) is 0 Å². The average Bonchev–Trinajstić information content (AvgIpc) is 2.45. The maximum Gasteiger partial charge on any atom is 0.120 e. The fraction of sp³-hybridized carbons (Fsp3) is 0.200. The molecule has 2 aromatic carbocycles. The zero-order valence-electron chi connectivity index (χ0n) is 10.5. The lowest BCUT2D eigenvalue weighted by Crippen LogP contribution is -2.09. The van der Waals surface area contributed by atoms with Crippen LogP contribution in [-0.2, 0) is 0 Å². The van der Waals surface area contributed by atoms with Gasteiger partial charge in [0, 0.05) is 3.57 Å². The molecule has 1 unspecified atom stereocenters. The number of hydrogen-bond acceptors (Lipinski definition) is 3. The van der Waals surface area contributed by atoms with Crippen molar-refractivity contribution < 1.29 is 14.6 Å². The van der Waals surface area contributed by atoms with Crippen LogP contribution in [0.4, 0.5) is 0 Å². The van der Waals surface area contributed by atoms with Gasteiger partial charge in [-0.1, -0.05) is 18.2 Å². The normalized spacial score (nSPS) is 11.9. The van der Waals surface area contributed by atoms with Gasteiger partial charge in [-0.2, -0.15) is 0 Å². The predicted octanol–water partition coefficient (Wildman–Crippen LogP) is 3.41. The van der Waals surface area contributed by atoms with Crippen molar-refractivity contribution in [3.05, 3.63) is 57.7 Å². The van der Waals surface area contributed by atoms with E-state index >= 15 is 0 Å². The smallest absolute Gasteiger partial charge is 0.120 e. The Morgan fingerprint density at radius 2 is 1.84 bits per heavy atom. The molecule has 0 saturated heterocycles. The Bertz CT molecular complexity index is 542. The predicted molar refractivity (Wildman–Crippen MR) is 82.6 cm³/mol. The lowest BCUT2D eigenvalue weighted by atomic mass is 10.1. The fourth-order valence-electron chi connectivity index (χ4n) is 1.68. The Labute approximate surface area is 126 Å². The van der Waals surface area contributed by atoms with E-state index in [0.29, 0.717) is 0 Å². The van der Waals surface area contributed by atoms with E-state index in [-0.39, 0.29) is 6.61 Å². The van der Waals surface area contributed by atoms with Crippen molar-refractivity contribution in [3.8, 4) is 11.5 Å². The number of benzene rings is 2. The quantitative estimate of drug-likeness (QED) is 0.820. The summed E-state index contributed by atoms with van der Waals surface area (Å²) in [5, 5.41) is 10.1. The zero-order valence-corrected chi connectivity index (χ0v) is 12.7. The number of ether oxygens (including phenoxy) is 2. The highest BCUT2D eigenvalue weighted by Gasteiger charge is 2.09. The summed E-state index contributed by atoms with van der Waals surface area (Å²) in [5.41, 5.74) is 0.782. The molecule has 0 aliphatic heterocycles. The number of methoxy groups -OCH3 is 1. The van der Waals surface area contributed by atoms with E-state index in [1.165, 1.54) is 0 Å². The zero-order chi connectivity index (χ0) is 13.7. The van der Waals surface area contributed by atoms with Crippen LogP contribution in [0, 0.1) is 3.57 Å². The Balaban J connectivity index is 1.99. The standard InChI is InChI=1S/C15H15IO3/c1-18-13-6-2-4-11(8-13)15(17)10-19-14-7-3-5-12(16)9-14/h2-9,15,17H,10H2,1H3. The molecule has 0 bridgehead atoms. The van der Waals surface area contributed by atoms with Gasteiger partial charge in [-0.3, -0.25) is 0 Å². The average molecular weight is 370 g/mol. The Morgan fingerprint density at radius 3 is 2.58 bits per heavy atom. The number of aliphatic hydroxyl groups is 1. The van der Waals surface area contributed by atoms with Gasteiger partial charge in [0.25, 0.3) is 0 Å². The molecule has 100 valence electrons. The number of aliphatic hydroxyl groups excluding tert-OH is 1. The first-order valence-corrected chi connectivity index (χ1v) is 6.97. The van der Waals surface area contributed by atoms with Gasteiger partial charge in [-0.25, -0.2) is 0 Å². The van der Waals surface area contributed by atoms with Gasteiger partial charge >= 0.3 is 0 Å². The molecule has 0 saturated carbocycles. The topological polar surface area (TPSA) is 38.7 Å². The molecule has 0 amide bonds. The molecule has 1 atom stereocenters. The molecule has 19 heavy (non-hydrogen) atoms. The summed E-state index contributed by atoms with van der Waals surface area (Å²) in [6.45, 7) is 0.216. The fourth-order valence-corrected chi connectivity index (χ4v) is 2.19. The summed E-state index contributed by atoms with van der Waals surface area (Å²) in [7, 11) is 1.61. The molecule has 0 aromatic heterocycles. The Morgan fingerprint density at radius 1 is 1.11 bits per heavy atom. The number of hydrogen-bond donors (Lipinski definition) is 1. The second-order valence-corrected chi connectivity index (χ2v) is 5.31. The molecule has 0 fully saturated rings. The third-order valence-electron chi connectivity index (χ3n) is 2.68. The van der Waals surface area contributed by atoms with Crippen LogP contribution >= 0.6 is 22.6 Å². The summed E-state index contributed by atoms with van der Waals surface area (Å²) in [6.07, 6.45) is -0.673. The van der Waals surface area contributed by atoms with Crippen LogP contribution in [0.15, 0.2) is 48.5 Å².